The van der Waals surface area contributed by atoms with E-state index in [1.807, 2.05) is 19.3 Å². The minimum absolute atomic E-state index is 0.334. The maximum Gasteiger partial charge on any atom is 0.105 e. The zero-order valence-corrected chi connectivity index (χ0v) is 9.97. The summed E-state index contributed by atoms with van der Waals surface area (Å²) in [5.41, 5.74) is 0. The van der Waals surface area contributed by atoms with Crippen LogP contribution in [0.15, 0.2) is 12.4 Å². The standard InChI is InChI=1S/C12H21N3O/c1-11-13-4-6-15(11)8-7-14-5-2-3-12(9-14)10-16/h4,6,12,16H,2-3,5,7-10H2,1H3. The van der Waals surface area contributed by atoms with E-state index >= 15 is 0 Å². The summed E-state index contributed by atoms with van der Waals surface area (Å²) in [6.07, 6.45) is 6.27. The Labute approximate surface area is 96.9 Å². The van der Waals surface area contributed by atoms with Gasteiger partial charge in [0.05, 0.1) is 0 Å². The van der Waals surface area contributed by atoms with E-state index in [2.05, 4.69) is 14.5 Å². The van der Waals surface area contributed by atoms with Gasteiger partial charge in [-0.1, -0.05) is 0 Å². The normalized spacial score (nSPS) is 22.5. The van der Waals surface area contributed by atoms with Crippen LogP contribution < -0.4 is 0 Å². The van der Waals surface area contributed by atoms with Crippen LogP contribution in [0.4, 0.5) is 0 Å². The lowest BCUT2D eigenvalue weighted by Crippen LogP contribution is -2.38. The largest absolute Gasteiger partial charge is 0.396 e. The zero-order valence-electron chi connectivity index (χ0n) is 9.97. The monoisotopic (exact) mass is 223 g/mol. The topological polar surface area (TPSA) is 41.3 Å². The molecule has 90 valence electrons. The molecule has 0 aromatic carbocycles. The van der Waals surface area contributed by atoms with E-state index in [0.29, 0.717) is 12.5 Å². The quantitative estimate of drug-likeness (QED) is 0.824. The van der Waals surface area contributed by atoms with E-state index < -0.39 is 0 Å². The predicted octanol–water partition coefficient (Wildman–Crippen LogP) is 0.896. The van der Waals surface area contributed by atoms with Crippen molar-refractivity contribution in [3.63, 3.8) is 0 Å². The van der Waals surface area contributed by atoms with Gasteiger partial charge in [-0.2, -0.15) is 0 Å². The first-order chi connectivity index (χ1) is 7.79. The molecule has 1 atom stereocenters. The summed E-state index contributed by atoms with van der Waals surface area (Å²) in [5, 5.41) is 9.16. The van der Waals surface area contributed by atoms with Gasteiger partial charge in [0.2, 0.25) is 0 Å². The summed E-state index contributed by atoms with van der Waals surface area (Å²) in [5.74, 6) is 1.56. The summed E-state index contributed by atoms with van der Waals surface area (Å²) in [6.45, 7) is 6.65. The summed E-state index contributed by atoms with van der Waals surface area (Å²) in [7, 11) is 0. The fourth-order valence-electron chi connectivity index (χ4n) is 2.39. The molecule has 16 heavy (non-hydrogen) atoms. The van der Waals surface area contributed by atoms with E-state index in [1.54, 1.807) is 0 Å². The Morgan fingerprint density at radius 1 is 1.50 bits per heavy atom. The van der Waals surface area contributed by atoms with Crippen molar-refractivity contribution in [3.05, 3.63) is 18.2 Å². The van der Waals surface area contributed by atoms with Gasteiger partial charge in [-0.15, -0.1) is 0 Å². The molecule has 1 unspecified atom stereocenters. The molecular formula is C12H21N3O. The summed E-state index contributed by atoms with van der Waals surface area (Å²) in [6, 6.07) is 0. The molecule has 0 amide bonds. The number of aliphatic hydroxyl groups is 1. The highest BCUT2D eigenvalue weighted by Crippen LogP contribution is 2.15. The molecule has 2 rings (SSSR count). The predicted molar refractivity (Wildman–Crippen MR) is 63.2 cm³/mol. The average Bonchev–Trinajstić information content (AvgIpc) is 2.72. The fraction of sp³-hybridized carbons (Fsp3) is 0.750. The molecule has 1 N–H and O–H groups in total. The third-order valence-electron chi connectivity index (χ3n) is 3.44. The molecule has 1 aliphatic rings. The summed E-state index contributed by atoms with van der Waals surface area (Å²) < 4.78 is 2.18. The van der Waals surface area contributed by atoms with E-state index in [9.17, 15) is 0 Å². The number of imidazole rings is 1. The number of hydrogen-bond donors (Lipinski definition) is 1. The number of rotatable bonds is 4. The van der Waals surface area contributed by atoms with Gasteiger partial charge >= 0.3 is 0 Å². The SMILES string of the molecule is Cc1nccn1CCN1CCCC(CO)C1. The van der Waals surface area contributed by atoms with Gasteiger partial charge in [-0.25, -0.2) is 4.98 Å². The molecule has 0 aliphatic carbocycles. The molecule has 4 heteroatoms. The maximum atomic E-state index is 9.16. The number of aromatic nitrogens is 2. The molecule has 0 bridgehead atoms. The van der Waals surface area contributed by atoms with Crippen LogP contribution in [0.5, 0.6) is 0 Å². The van der Waals surface area contributed by atoms with Crippen molar-refractivity contribution >= 4 is 0 Å². The van der Waals surface area contributed by atoms with Crippen LogP contribution in [0.25, 0.3) is 0 Å². The maximum absolute atomic E-state index is 9.16. The number of likely N-dealkylation sites (tertiary alicyclic amines) is 1. The lowest BCUT2D eigenvalue weighted by Gasteiger charge is -2.31. The van der Waals surface area contributed by atoms with Gasteiger partial charge in [0.1, 0.15) is 5.82 Å². The number of hydrogen-bond acceptors (Lipinski definition) is 3. The van der Waals surface area contributed by atoms with Crippen LogP contribution in [0.2, 0.25) is 0 Å². The van der Waals surface area contributed by atoms with Crippen molar-refractivity contribution in [1.29, 1.82) is 0 Å². The molecule has 0 radical (unpaired) electrons. The van der Waals surface area contributed by atoms with Gasteiger partial charge < -0.3 is 14.6 Å². The zero-order chi connectivity index (χ0) is 11.4. The van der Waals surface area contributed by atoms with Gasteiger partial charge in [0.15, 0.2) is 0 Å². The van der Waals surface area contributed by atoms with Crippen LogP contribution in [-0.2, 0) is 6.54 Å². The van der Waals surface area contributed by atoms with E-state index in [4.69, 9.17) is 5.11 Å². The first kappa shape index (κ1) is 11.6. The van der Waals surface area contributed by atoms with Crippen molar-refractivity contribution in [1.82, 2.24) is 14.5 Å². The first-order valence-electron chi connectivity index (χ1n) is 6.10. The van der Waals surface area contributed by atoms with Crippen molar-refractivity contribution in [2.75, 3.05) is 26.2 Å². The third-order valence-corrected chi connectivity index (χ3v) is 3.44. The van der Waals surface area contributed by atoms with Crippen LogP contribution in [0.3, 0.4) is 0 Å². The molecule has 1 aromatic rings. The second kappa shape index (κ2) is 5.46. The van der Waals surface area contributed by atoms with E-state index in [-0.39, 0.29) is 0 Å². The van der Waals surface area contributed by atoms with Gasteiger partial charge in [0.25, 0.3) is 0 Å². The third kappa shape index (κ3) is 2.83. The minimum Gasteiger partial charge on any atom is -0.396 e. The molecule has 2 heterocycles. The molecule has 1 aromatic heterocycles. The number of aliphatic hydroxyl groups excluding tert-OH is 1. The van der Waals surface area contributed by atoms with Gasteiger partial charge in [0, 0.05) is 38.6 Å². The Hall–Kier alpha value is -0.870. The Morgan fingerprint density at radius 2 is 2.38 bits per heavy atom. The van der Waals surface area contributed by atoms with E-state index in [0.717, 1.165) is 25.5 Å². The molecule has 0 saturated carbocycles. The van der Waals surface area contributed by atoms with Crippen molar-refractivity contribution < 1.29 is 5.11 Å². The lowest BCUT2D eigenvalue weighted by atomic mass is 9.99. The Balaban J connectivity index is 1.79. The smallest absolute Gasteiger partial charge is 0.105 e. The summed E-state index contributed by atoms with van der Waals surface area (Å²) in [4.78, 5) is 6.66. The second-order valence-electron chi connectivity index (χ2n) is 4.66. The van der Waals surface area contributed by atoms with Crippen molar-refractivity contribution in [3.8, 4) is 0 Å². The number of nitrogens with zero attached hydrogens (tertiary/aromatic N) is 3. The number of aryl methyl sites for hydroxylation is 1. The van der Waals surface area contributed by atoms with Crippen LogP contribution in [0, 0.1) is 12.8 Å². The van der Waals surface area contributed by atoms with Crippen molar-refractivity contribution in [2.45, 2.75) is 26.3 Å². The van der Waals surface area contributed by atoms with Crippen LogP contribution >= 0.6 is 0 Å². The minimum atomic E-state index is 0.334. The van der Waals surface area contributed by atoms with Crippen LogP contribution in [-0.4, -0.2) is 45.8 Å². The highest BCUT2D eigenvalue weighted by Gasteiger charge is 2.18. The first-order valence-corrected chi connectivity index (χ1v) is 6.10. The fourth-order valence-corrected chi connectivity index (χ4v) is 2.39. The highest BCUT2D eigenvalue weighted by molar-refractivity contribution is 4.88. The summed E-state index contributed by atoms with van der Waals surface area (Å²) >= 11 is 0. The highest BCUT2D eigenvalue weighted by atomic mass is 16.3. The Kier molecular flexibility index (Phi) is 3.96. The molecule has 1 fully saturated rings. The lowest BCUT2D eigenvalue weighted by molar-refractivity contribution is 0.118. The second-order valence-corrected chi connectivity index (χ2v) is 4.66. The van der Waals surface area contributed by atoms with Crippen molar-refractivity contribution in [2.24, 2.45) is 5.92 Å². The number of piperidine rings is 1. The van der Waals surface area contributed by atoms with Gasteiger partial charge in [-0.05, 0) is 32.2 Å². The Bertz CT molecular complexity index is 324. The molecular weight excluding hydrogens is 202 g/mol. The molecule has 1 aliphatic heterocycles. The molecule has 0 spiro atoms. The van der Waals surface area contributed by atoms with Crippen LogP contribution in [0.1, 0.15) is 18.7 Å². The van der Waals surface area contributed by atoms with E-state index in [1.165, 1.54) is 19.4 Å². The molecule has 1 saturated heterocycles. The average molecular weight is 223 g/mol. The molecule has 4 nitrogen and oxygen atoms in total. The Morgan fingerprint density at radius 3 is 3.06 bits per heavy atom. The van der Waals surface area contributed by atoms with Gasteiger partial charge in [-0.3, -0.25) is 0 Å².